The zero-order valence-corrected chi connectivity index (χ0v) is 12.5. The van der Waals surface area contributed by atoms with Gasteiger partial charge >= 0.3 is 0 Å². The Labute approximate surface area is 125 Å². The number of nitrogens with two attached hydrogens (primary N) is 1. The van der Waals surface area contributed by atoms with E-state index >= 15 is 0 Å². The van der Waals surface area contributed by atoms with Crippen molar-refractivity contribution < 1.29 is 13.9 Å². The summed E-state index contributed by atoms with van der Waals surface area (Å²) in [5.41, 5.74) is 5.99. The van der Waals surface area contributed by atoms with Gasteiger partial charge in [0.25, 0.3) is 5.91 Å². The molecule has 0 saturated carbocycles. The third kappa shape index (κ3) is 3.89. The van der Waals surface area contributed by atoms with E-state index in [1.165, 1.54) is 18.2 Å². The van der Waals surface area contributed by atoms with Gasteiger partial charge in [0.2, 0.25) is 0 Å². The van der Waals surface area contributed by atoms with Crippen LogP contribution in [0.2, 0.25) is 0 Å². The molecule has 1 fully saturated rings. The second kappa shape index (κ2) is 7.19. The number of benzene rings is 1. The highest BCUT2D eigenvalue weighted by Gasteiger charge is 2.24. The lowest BCUT2D eigenvalue weighted by atomic mass is 10.1. The van der Waals surface area contributed by atoms with Gasteiger partial charge in [0.05, 0.1) is 17.2 Å². The molecule has 2 rings (SSSR count). The standard InChI is InChI=1S/C12H14BrFN2O2.ClH/c13-10-5-8(1-2-11(10)14)12(17)16-3-4-18-9(6-15)7-16;/h1-2,5,9H,3-4,6-7,15H2;1H. The third-order valence-electron chi connectivity index (χ3n) is 2.86. The summed E-state index contributed by atoms with van der Waals surface area (Å²) in [7, 11) is 0. The minimum atomic E-state index is -0.381. The molecular formula is C12H15BrClFN2O2. The predicted molar refractivity (Wildman–Crippen MR) is 76.0 cm³/mol. The molecule has 0 bridgehead atoms. The van der Waals surface area contributed by atoms with Crippen LogP contribution in [-0.2, 0) is 4.74 Å². The second-order valence-electron chi connectivity index (χ2n) is 4.11. The van der Waals surface area contributed by atoms with Gasteiger partial charge in [-0.1, -0.05) is 0 Å². The van der Waals surface area contributed by atoms with E-state index in [4.69, 9.17) is 10.5 Å². The van der Waals surface area contributed by atoms with Crippen LogP contribution in [0.15, 0.2) is 22.7 Å². The van der Waals surface area contributed by atoms with Gasteiger partial charge in [0, 0.05) is 25.2 Å². The summed E-state index contributed by atoms with van der Waals surface area (Å²) in [6, 6.07) is 4.25. The van der Waals surface area contributed by atoms with Crippen molar-refractivity contribution in [3.63, 3.8) is 0 Å². The van der Waals surface area contributed by atoms with Crippen molar-refractivity contribution in [2.24, 2.45) is 5.73 Å². The highest BCUT2D eigenvalue weighted by atomic mass is 79.9. The molecule has 1 atom stereocenters. The SMILES string of the molecule is Cl.NCC1CN(C(=O)c2ccc(F)c(Br)c2)CCO1. The minimum Gasteiger partial charge on any atom is -0.373 e. The van der Waals surface area contributed by atoms with E-state index < -0.39 is 0 Å². The zero-order valence-electron chi connectivity index (χ0n) is 10.1. The zero-order chi connectivity index (χ0) is 13.1. The van der Waals surface area contributed by atoms with Crippen LogP contribution in [0.5, 0.6) is 0 Å². The highest BCUT2D eigenvalue weighted by Crippen LogP contribution is 2.18. The lowest BCUT2D eigenvalue weighted by Gasteiger charge is -2.32. The van der Waals surface area contributed by atoms with Gasteiger partial charge in [-0.2, -0.15) is 0 Å². The smallest absolute Gasteiger partial charge is 0.254 e. The average molecular weight is 354 g/mol. The molecule has 7 heteroatoms. The first-order chi connectivity index (χ1) is 8.61. The van der Waals surface area contributed by atoms with Gasteiger partial charge in [-0.25, -0.2) is 4.39 Å². The van der Waals surface area contributed by atoms with Crippen LogP contribution in [0.1, 0.15) is 10.4 Å². The lowest BCUT2D eigenvalue weighted by Crippen LogP contribution is -2.48. The number of halogens is 3. The van der Waals surface area contributed by atoms with Gasteiger partial charge in [0.15, 0.2) is 0 Å². The minimum absolute atomic E-state index is 0. The van der Waals surface area contributed by atoms with Crippen LogP contribution in [0.4, 0.5) is 4.39 Å². The fourth-order valence-corrected chi connectivity index (χ4v) is 2.24. The molecule has 19 heavy (non-hydrogen) atoms. The van der Waals surface area contributed by atoms with E-state index in [1.807, 2.05) is 0 Å². The number of nitrogens with zero attached hydrogens (tertiary/aromatic N) is 1. The molecule has 1 aromatic rings. The number of carbonyl (C=O) groups is 1. The molecule has 4 nitrogen and oxygen atoms in total. The molecule has 1 saturated heterocycles. The van der Waals surface area contributed by atoms with Crippen molar-refractivity contribution in [1.82, 2.24) is 4.90 Å². The Hall–Kier alpha value is -0.690. The molecule has 0 radical (unpaired) electrons. The van der Waals surface area contributed by atoms with Gasteiger partial charge in [-0.05, 0) is 34.1 Å². The van der Waals surface area contributed by atoms with Crippen molar-refractivity contribution in [3.8, 4) is 0 Å². The maximum atomic E-state index is 13.1. The van der Waals surface area contributed by atoms with E-state index in [0.717, 1.165) is 0 Å². The molecule has 1 aliphatic heterocycles. The Morgan fingerprint density at radius 3 is 2.95 bits per heavy atom. The summed E-state index contributed by atoms with van der Waals surface area (Å²) < 4.78 is 18.8. The summed E-state index contributed by atoms with van der Waals surface area (Å²) in [4.78, 5) is 13.9. The first kappa shape index (κ1) is 16.4. The summed E-state index contributed by atoms with van der Waals surface area (Å²) in [6.07, 6.45) is -0.119. The van der Waals surface area contributed by atoms with Crippen LogP contribution in [0, 0.1) is 5.82 Å². The van der Waals surface area contributed by atoms with Crippen LogP contribution >= 0.6 is 28.3 Å². The molecule has 0 aromatic heterocycles. The van der Waals surface area contributed by atoms with Crippen molar-refractivity contribution in [3.05, 3.63) is 34.1 Å². The van der Waals surface area contributed by atoms with Crippen molar-refractivity contribution in [2.75, 3.05) is 26.2 Å². The first-order valence-electron chi connectivity index (χ1n) is 5.68. The van der Waals surface area contributed by atoms with E-state index in [2.05, 4.69) is 15.9 Å². The van der Waals surface area contributed by atoms with Crippen LogP contribution < -0.4 is 5.73 Å². The second-order valence-corrected chi connectivity index (χ2v) is 4.96. The monoisotopic (exact) mass is 352 g/mol. The van der Waals surface area contributed by atoms with Crippen molar-refractivity contribution in [2.45, 2.75) is 6.10 Å². The third-order valence-corrected chi connectivity index (χ3v) is 3.46. The fraction of sp³-hybridized carbons (Fsp3) is 0.417. The van der Waals surface area contributed by atoms with Gasteiger partial charge in [-0.15, -0.1) is 12.4 Å². The summed E-state index contributed by atoms with van der Waals surface area (Å²) in [5, 5.41) is 0. The molecule has 2 N–H and O–H groups in total. The topological polar surface area (TPSA) is 55.6 Å². The van der Waals surface area contributed by atoms with Crippen LogP contribution in [-0.4, -0.2) is 43.2 Å². The van der Waals surface area contributed by atoms with Gasteiger partial charge in [0.1, 0.15) is 5.82 Å². The number of hydrogen-bond donors (Lipinski definition) is 1. The van der Waals surface area contributed by atoms with Gasteiger partial charge < -0.3 is 15.4 Å². The molecule has 1 aliphatic rings. The number of hydrogen-bond acceptors (Lipinski definition) is 3. The molecule has 1 heterocycles. The molecular weight excluding hydrogens is 338 g/mol. The first-order valence-corrected chi connectivity index (χ1v) is 6.47. The quantitative estimate of drug-likeness (QED) is 0.882. The summed E-state index contributed by atoms with van der Waals surface area (Å²) in [6.45, 7) is 1.88. The largest absolute Gasteiger partial charge is 0.373 e. The normalized spacial score (nSPS) is 18.9. The average Bonchev–Trinajstić information content (AvgIpc) is 2.41. The van der Waals surface area contributed by atoms with Crippen LogP contribution in [0.25, 0.3) is 0 Å². The molecule has 1 aromatic carbocycles. The number of rotatable bonds is 2. The summed E-state index contributed by atoms with van der Waals surface area (Å²) >= 11 is 3.07. The van der Waals surface area contributed by atoms with Crippen molar-refractivity contribution >= 4 is 34.2 Å². The Morgan fingerprint density at radius 1 is 1.58 bits per heavy atom. The molecule has 0 aliphatic carbocycles. The lowest BCUT2D eigenvalue weighted by molar-refractivity contribution is -0.0167. The number of ether oxygens (including phenoxy) is 1. The molecule has 0 spiro atoms. The fourth-order valence-electron chi connectivity index (χ4n) is 1.86. The van der Waals surface area contributed by atoms with E-state index in [1.54, 1.807) is 4.90 Å². The Bertz CT molecular complexity index is 461. The number of morpholine rings is 1. The van der Waals surface area contributed by atoms with Gasteiger partial charge in [-0.3, -0.25) is 4.79 Å². The van der Waals surface area contributed by atoms with E-state index in [0.29, 0.717) is 31.8 Å². The number of carbonyl (C=O) groups excluding carboxylic acids is 1. The Morgan fingerprint density at radius 2 is 2.32 bits per heavy atom. The summed E-state index contributed by atoms with van der Waals surface area (Å²) in [5.74, 6) is -0.509. The predicted octanol–water partition coefficient (Wildman–Crippen LogP) is 1.81. The molecule has 1 amide bonds. The number of amides is 1. The Kier molecular flexibility index (Phi) is 6.19. The molecule has 106 valence electrons. The van der Waals surface area contributed by atoms with Crippen LogP contribution in [0.3, 0.4) is 0 Å². The maximum absolute atomic E-state index is 13.1. The maximum Gasteiger partial charge on any atom is 0.254 e. The van der Waals surface area contributed by atoms with Crippen molar-refractivity contribution in [1.29, 1.82) is 0 Å². The Balaban J connectivity index is 0.00000180. The van der Waals surface area contributed by atoms with E-state index in [9.17, 15) is 9.18 Å². The highest BCUT2D eigenvalue weighted by molar-refractivity contribution is 9.10. The van der Waals surface area contributed by atoms with E-state index in [-0.39, 0.29) is 34.7 Å². The molecule has 1 unspecified atom stereocenters.